The van der Waals surface area contributed by atoms with E-state index in [-0.39, 0.29) is 36.1 Å². The summed E-state index contributed by atoms with van der Waals surface area (Å²) in [7, 11) is 0. The number of rotatable bonds is 6. The van der Waals surface area contributed by atoms with Gasteiger partial charge in [0.1, 0.15) is 12.2 Å². The van der Waals surface area contributed by atoms with E-state index in [1.807, 2.05) is 6.20 Å². The van der Waals surface area contributed by atoms with Crippen molar-refractivity contribution in [3.05, 3.63) is 11.9 Å². The lowest BCUT2D eigenvalue weighted by Gasteiger charge is -2.27. The third kappa shape index (κ3) is 5.06. The minimum absolute atomic E-state index is 0.0681. The molecule has 0 spiro atoms. The van der Waals surface area contributed by atoms with E-state index < -0.39 is 0 Å². The largest absolute Gasteiger partial charge is 0.401 e. The van der Waals surface area contributed by atoms with Gasteiger partial charge in [-0.15, -0.1) is 0 Å². The van der Waals surface area contributed by atoms with Gasteiger partial charge in [0, 0.05) is 17.8 Å². The average molecular weight is 407 g/mol. The summed E-state index contributed by atoms with van der Waals surface area (Å²) in [5.41, 5.74) is 7.12. The van der Waals surface area contributed by atoms with Gasteiger partial charge in [0.15, 0.2) is 0 Å². The van der Waals surface area contributed by atoms with Gasteiger partial charge >= 0.3 is 0 Å². The van der Waals surface area contributed by atoms with Crippen molar-refractivity contribution >= 4 is 5.91 Å². The monoisotopic (exact) mass is 406 g/mol. The van der Waals surface area contributed by atoms with Crippen molar-refractivity contribution < 1.29 is 14.3 Å². The molecule has 2 aliphatic heterocycles. The molecule has 7 nitrogen and oxygen atoms in total. The van der Waals surface area contributed by atoms with E-state index in [9.17, 15) is 4.79 Å². The molecule has 5 N–H and O–H groups in total. The molecule has 2 saturated heterocycles. The molecule has 0 aromatic carbocycles. The van der Waals surface area contributed by atoms with Crippen molar-refractivity contribution in [1.29, 1.82) is 0 Å². The highest BCUT2D eigenvalue weighted by molar-refractivity contribution is 5.79. The van der Waals surface area contributed by atoms with Crippen LogP contribution >= 0.6 is 0 Å². The number of allylic oxidation sites excluding steroid dienone is 1. The highest BCUT2D eigenvalue weighted by Gasteiger charge is 2.49. The van der Waals surface area contributed by atoms with Gasteiger partial charge in [-0.05, 0) is 25.2 Å². The van der Waals surface area contributed by atoms with Crippen molar-refractivity contribution in [3.8, 4) is 0 Å². The Morgan fingerprint density at radius 1 is 0.966 bits per heavy atom. The fourth-order valence-corrected chi connectivity index (χ4v) is 5.59. The van der Waals surface area contributed by atoms with Crippen molar-refractivity contribution in [2.24, 2.45) is 23.4 Å². The standard InChI is InChI=1S/C22H38N4O3/c23-17(11-15-7-3-1-4-8-15)12-26(24)19-14-29-20-18(13-28-21(19)20)25-22(27)16-9-5-2-6-10-16/h12,15-16,18-21H,1-11,13-14,23-24H2,(H,25,27)/b17-12-. The second-order valence-corrected chi connectivity index (χ2v) is 9.47. The number of ether oxygens (including phenoxy) is 2. The van der Waals surface area contributed by atoms with Gasteiger partial charge in [0.25, 0.3) is 0 Å². The number of carbonyl (C=O) groups excluding carboxylic acids is 1. The van der Waals surface area contributed by atoms with Gasteiger partial charge in [-0.3, -0.25) is 4.79 Å². The molecule has 1 amide bonds. The zero-order valence-electron chi connectivity index (χ0n) is 17.6. The molecule has 0 radical (unpaired) electrons. The normalized spacial score (nSPS) is 34.2. The van der Waals surface area contributed by atoms with E-state index in [0.29, 0.717) is 19.1 Å². The summed E-state index contributed by atoms with van der Waals surface area (Å²) < 4.78 is 12.0. The Balaban J connectivity index is 1.28. The minimum Gasteiger partial charge on any atom is -0.401 e. The second kappa shape index (κ2) is 9.67. The van der Waals surface area contributed by atoms with Crippen LogP contribution in [0.4, 0.5) is 0 Å². The van der Waals surface area contributed by atoms with Crippen molar-refractivity contribution in [3.63, 3.8) is 0 Å². The molecular weight excluding hydrogens is 368 g/mol. The first-order chi connectivity index (χ1) is 14.1. The Morgan fingerprint density at radius 2 is 1.62 bits per heavy atom. The van der Waals surface area contributed by atoms with E-state index in [4.69, 9.17) is 21.1 Å². The first-order valence-electron chi connectivity index (χ1n) is 11.6. The number of hydrogen-bond donors (Lipinski definition) is 3. The lowest BCUT2D eigenvalue weighted by molar-refractivity contribution is -0.127. The molecule has 2 aliphatic carbocycles. The van der Waals surface area contributed by atoms with Gasteiger partial charge in [-0.2, -0.15) is 0 Å². The lowest BCUT2D eigenvalue weighted by Crippen LogP contribution is -2.48. The van der Waals surface area contributed by atoms with Crippen LogP contribution in [-0.2, 0) is 14.3 Å². The summed E-state index contributed by atoms with van der Waals surface area (Å²) in [4.78, 5) is 12.6. The van der Waals surface area contributed by atoms with Gasteiger partial charge in [0.05, 0.1) is 25.3 Å². The van der Waals surface area contributed by atoms with E-state index in [0.717, 1.165) is 37.8 Å². The van der Waals surface area contributed by atoms with Crippen LogP contribution in [0.25, 0.3) is 0 Å². The number of hydrogen-bond acceptors (Lipinski definition) is 6. The average Bonchev–Trinajstić information content (AvgIpc) is 3.32. The maximum Gasteiger partial charge on any atom is 0.223 e. The molecule has 7 heteroatoms. The van der Waals surface area contributed by atoms with Crippen LogP contribution in [0.5, 0.6) is 0 Å². The number of amides is 1. The fourth-order valence-electron chi connectivity index (χ4n) is 5.59. The molecule has 4 atom stereocenters. The molecule has 0 aromatic heterocycles. The van der Waals surface area contributed by atoms with Crippen LogP contribution in [-0.4, -0.2) is 48.4 Å². The number of nitrogens with one attached hydrogen (secondary N) is 1. The molecule has 2 heterocycles. The van der Waals surface area contributed by atoms with Gasteiger partial charge in [0.2, 0.25) is 5.91 Å². The number of carbonyl (C=O) groups is 1. The summed E-state index contributed by atoms with van der Waals surface area (Å²) in [6, 6.07) is -0.155. The van der Waals surface area contributed by atoms with Crippen LogP contribution in [0.3, 0.4) is 0 Å². The number of fused-ring (bicyclic) bond motifs is 1. The van der Waals surface area contributed by atoms with Crippen LogP contribution in [0.1, 0.15) is 70.6 Å². The number of nitrogens with zero attached hydrogens (tertiary/aromatic N) is 1. The Morgan fingerprint density at radius 3 is 2.34 bits per heavy atom. The van der Waals surface area contributed by atoms with Crippen molar-refractivity contribution in [2.45, 2.75) is 94.9 Å². The molecule has 4 aliphatic rings. The number of hydrazine groups is 1. The van der Waals surface area contributed by atoms with E-state index in [1.54, 1.807) is 5.01 Å². The summed E-state index contributed by atoms with van der Waals surface area (Å²) in [6.07, 6.45) is 14.6. The van der Waals surface area contributed by atoms with Gasteiger partial charge < -0.3 is 25.5 Å². The van der Waals surface area contributed by atoms with Crippen molar-refractivity contribution in [1.82, 2.24) is 10.3 Å². The molecule has 2 saturated carbocycles. The van der Waals surface area contributed by atoms with Crippen LogP contribution in [0.2, 0.25) is 0 Å². The van der Waals surface area contributed by atoms with Crippen LogP contribution < -0.4 is 16.9 Å². The Kier molecular flexibility index (Phi) is 6.98. The fraction of sp³-hybridized carbons (Fsp3) is 0.864. The van der Waals surface area contributed by atoms with E-state index in [2.05, 4.69) is 5.32 Å². The maximum absolute atomic E-state index is 12.6. The topological polar surface area (TPSA) is 103 Å². The molecule has 29 heavy (non-hydrogen) atoms. The summed E-state index contributed by atoms with van der Waals surface area (Å²) in [5.74, 6) is 7.32. The van der Waals surface area contributed by atoms with E-state index in [1.165, 1.54) is 38.5 Å². The highest BCUT2D eigenvalue weighted by atomic mass is 16.6. The first-order valence-corrected chi connectivity index (χ1v) is 11.6. The molecular formula is C22H38N4O3. The molecule has 0 aromatic rings. The van der Waals surface area contributed by atoms with E-state index >= 15 is 0 Å². The van der Waals surface area contributed by atoms with Crippen LogP contribution in [0.15, 0.2) is 11.9 Å². The Bertz CT molecular complexity index is 587. The van der Waals surface area contributed by atoms with Crippen molar-refractivity contribution in [2.75, 3.05) is 13.2 Å². The third-order valence-electron chi connectivity index (χ3n) is 7.28. The maximum atomic E-state index is 12.6. The molecule has 4 rings (SSSR count). The summed E-state index contributed by atoms with van der Waals surface area (Å²) in [6.45, 7) is 0.980. The second-order valence-electron chi connectivity index (χ2n) is 9.47. The molecule has 164 valence electrons. The number of nitrogens with two attached hydrogens (primary N) is 2. The third-order valence-corrected chi connectivity index (χ3v) is 7.28. The highest BCUT2D eigenvalue weighted by Crippen LogP contribution is 2.31. The Labute approximate surface area is 174 Å². The van der Waals surface area contributed by atoms with Gasteiger partial charge in [-0.1, -0.05) is 51.4 Å². The predicted molar refractivity (Wildman–Crippen MR) is 111 cm³/mol. The summed E-state index contributed by atoms with van der Waals surface area (Å²) in [5, 5.41) is 4.86. The molecule has 4 unspecified atom stereocenters. The van der Waals surface area contributed by atoms with Crippen LogP contribution in [0, 0.1) is 11.8 Å². The predicted octanol–water partition coefficient (Wildman–Crippen LogP) is 2.16. The Hall–Kier alpha value is -1.31. The smallest absolute Gasteiger partial charge is 0.223 e. The minimum atomic E-state index is -0.133. The first kappa shape index (κ1) is 20.9. The van der Waals surface area contributed by atoms with Gasteiger partial charge in [-0.25, -0.2) is 5.84 Å². The summed E-state index contributed by atoms with van der Waals surface area (Å²) >= 11 is 0. The SMILES string of the molecule is N/C(=C\N(N)C1COC2C(NC(=O)C3CCCCC3)COC21)CC1CCCCC1. The zero-order valence-corrected chi connectivity index (χ0v) is 17.6. The lowest BCUT2D eigenvalue weighted by atomic mass is 9.86. The molecule has 4 fully saturated rings. The zero-order chi connectivity index (χ0) is 20.2. The molecule has 0 bridgehead atoms. The quantitative estimate of drug-likeness (QED) is 0.461.